The van der Waals surface area contributed by atoms with E-state index in [0.29, 0.717) is 27.6 Å². The zero-order chi connectivity index (χ0) is 22.5. The molecule has 4 aromatic rings. The highest BCUT2D eigenvalue weighted by atomic mass is 32.1. The Balaban J connectivity index is 1.84. The molecular formula is C24H21N3O4S. The SMILES string of the molecule is COc1ccc(OC)c(/C=N/N=c2\scc(-c3cc(O)ccc3O)n2-c2ccccc2)c1. The van der Waals surface area contributed by atoms with Crippen molar-refractivity contribution in [3.63, 3.8) is 0 Å². The van der Waals surface area contributed by atoms with Gasteiger partial charge in [0.1, 0.15) is 23.0 Å². The fraction of sp³-hybridized carbons (Fsp3) is 0.0833. The van der Waals surface area contributed by atoms with Crippen molar-refractivity contribution in [1.29, 1.82) is 0 Å². The van der Waals surface area contributed by atoms with Gasteiger partial charge in [-0.2, -0.15) is 5.10 Å². The first kappa shape index (κ1) is 21.2. The average molecular weight is 448 g/mol. The molecule has 0 aliphatic carbocycles. The quantitative estimate of drug-likeness (QED) is 0.257. The lowest BCUT2D eigenvalue weighted by Gasteiger charge is -2.10. The van der Waals surface area contributed by atoms with Crippen LogP contribution < -0.4 is 14.3 Å². The maximum Gasteiger partial charge on any atom is 0.215 e. The molecule has 2 N–H and O–H groups in total. The molecule has 0 aliphatic rings. The van der Waals surface area contributed by atoms with Crippen molar-refractivity contribution in [2.75, 3.05) is 14.2 Å². The highest BCUT2D eigenvalue weighted by Crippen LogP contribution is 2.33. The molecule has 0 fully saturated rings. The van der Waals surface area contributed by atoms with E-state index in [1.807, 2.05) is 52.4 Å². The Hall–Kier alpha value is -4.04. The van der Waals surface area contributed by atoms with Crippen LogP contribution in [-0.4, -0.2) is 35.2 Å². The first-order valence-corrected chi connectivity index (χ1v) is 10.6. The van der Waals surface area contributed by atoms with Gasteiger partial charge in [0.15, 0.2) is 0 Å². The minimum Gasteiger partial charge on any atom is -0.508 e. The van der Waals surface area contributed by atoms with Gasteiger partial charge in [-0.3, -0.25) is 4.57 Å². The minimum atomic E-state index is 0.0569. The van der Waals surface area contributed by atoms with E-state index in [1.165, 1.54) is 29.5 Å². The third kappa shape index (κ3) is 4.35. The van der Waals surface area contributed by atoms with E-state index in [1.54, 1.807) is 26.5 Å². The number of methoxy groups -OCH3 is 2. The van der Waals surface area contributed by atoms with Crippen LogP contribution in [0.15, 0.2) is 82.3 Å². The predicted octanol–water partition coefficient (Wildman–Crippen LogP) is 4.57. The summed E-state index contributed by atoms with van der Waals surface area (Å²) in [5.74, 6) is 1.45. The van der Waals surface area contributed by atoms with Crippen molar-refractivity contribution in [2.45, 2.75) is 0 Å². The number of aromatic nitrogens is 1. The van der Waals surface area contributed by atoms with Gasteiger partial charge in [-0.05, 0) is 48.5 Å². The second-order valence-corrected chi connectivity index (χ2v) is 7.56. The van der Waals surface area contributed by atoms with Gasteiger partial charge >= 0.3 is 0 Å². The van der Waals surface area contributed by atoms with Gasteiger partial charge in [0.25, 0.3) is 0 Å². The highest BCUT2D eigenvalue weighted by molar-refractivity contribution is 7.07. The Morgan fingerprint density at radius 2 is 1.75 bits per heavy atom. The van der Waals surface area contributed by atoms with Gasteiger partial charge in [-0.25, -0.2) is 0 Å². The summed E-state index contributed by atoms with van der Waals surface area (Å²) in [7, 11) is 3.19. The normalized spacial score (nSPS) is 11.8. The van der Waals surface area contributed by atoms with Gasteiger partial charge < -0.3 is 19.7 Å². The van der Waals surface area contributed by atoms with E-state index in [9.17, 15) is 10.2 Å². The number of aromatic hydroxyl groups is 2. The highest BCUT2D eigenvalue weighted by Gasteiger charge is 2.14. The van der Waals surface area contributed by atoms with Crippen LogP contribution in [0.3, 0.4) is 0 Å². The topological polar surface area (TPSA) is 88.6 Å². The number of ether oxygens (including phenoxy) is 2. The zero-order valence-corrected chi connectivity index (χ0v) is 18.3. The molecule has 0 radical (unpaired) electrons. The summed E-state index contributed by atoms with van der Waals surface area (Å²) in [5.41, 5.74) is 2.75. The zero-order valence-electron chi connectivity index (χ0n) is 17.5. The van der Waals surface area contributed by atoms with E-state index < -0.39 is 0 Å². The third-order valence-corrected chi connectivity index (χ3v) is 5.57. The molecule has 0 amide bonds. The fourth-order valence-corrected chi connectivity index (χ4v) is 4.06. The van der Waals surface area contributed by atoms with Crippen LogP contribution in [0.5, 0.6) is 23.0 Å². The second kappa shape index (κ2) is 9.40. The predicted molar refractivity (Wildman–Crippen MR) is 125 cm³/mol. The molecule has 0 atom stereocenters. The number of hydrogen-bond donors (Lipinski definition) is 2. The van der Waals surface area contributed by atoms with Crippen molar-refractivity contribution < 1.29 is 19.7 Å². The molecule has 0 spiro atoms. The number of hydrogen-bond acceptors (Lipinski definition) is 7. The molecule has 3 aromatic carbocycles. The lowest BCUT2D eigenvalue weighted by molar-refractivity contribution is 0.402. The van der Waals surface area contributed by atoms with Crippen molar-refractivity contribution >= 4 is 17.6 Å². The molecule has 0 aliphatic heterocycles. The maximum atomic E-state index is 10.4. The smallest absolute Gasteiger partial charge is 0.215 e. The Bertz CT molecular complexity index is 1330. The minimum absolute atomic E-state index is 0.0569. The van der Waals surface area contributed by atoms with Crippen LogP contribution in [0.25, 0.3) is 16.9 Å². The largest absolute Gasteiger partial charge is 0.508 e. The van der Waals surface area contributed by atoms with Crippen LogP contribution in [0.2, 0.25) is 0 Å². The molecule has 0 unspecified atom stereocenters. The van der Waals surface area contributed by atoms with Gasteiger partial charge in [0.05, 0.1) is 26.1 Å². The Morgan fingerprint density at radius 1 is 0.938 bits per heavy atom. The van der Waals surface area contributed by atoms with Crippen molar-refractivity contribution in [3.8, 4) is 39.9 Å². The number of rotatable bonds is 6. The van der Waals surface area contributed by atoms with Crippen molar-refractivity contribution in [1.82, 2.24) is 4.57 Å². The molecule has 32 heavy (non-hydrogen) atoms. The standard InChI is InChI=1S/C24H21N3O4S/c1-30-19-9-11-23(31-2)16(12-19)14-25-26-24-27(17-6-4-3-5-7-17)21(15-32-24)20-13-18(28)8-10-22(20)29/h3-15,28-29H,1-2H3/b25-14+,26-24-. The Kier molecular flexibility index (Phi) is 6.23. The molecule has 4 rings (SSSR count). The molecule has 1 aromatic heterocycles. The second-order valence-electron chi connectivity index (χ2n) is 6.73. The van der Waals surface area contributed by atoms with E-state index in [2.05, 4.69) is 10.2 Å². The van der Waals surface area contributed by atoms with Crippen molar-refractivity contribution in [3.05, 3.63) is 82.5 Å². The van der Waals surface area contributed by atoms with Gasteiger partial charge in [0, 0.05) is 22.2 Å². The van der Waals surface area contributed by atoms with E-state index in [-0.39, 0.29) is 11.5 Å². The number of phenolic OH excluding ortho intramolecular Hbond substituents is 2. The average Bonchev–Trinajstić information content (AvgIpc) is 3.24. The maximum absolute atomic E-state index is 10.4. The lowest BCUT2D eigenvalue weighted by Crippen LogP contribution is -2.13. The molecule has 0 saturated heterocycles. The van der Waals surface area contributed by atoms with Crippen LogP contribution in [0.1, 0.15) is 5.56 Å². The Morgan fingerprint density at radius 3 is 2.50 bits per heavy atom. The van der Waals surface area contributed by atoms with Crippen LogP contribution >= 0.6 is 11.3 Å². The summed E-state index contributed by atoms with van der Waals surface area (Å²) in [6.07, 6.45) is 1.60. The van der Waals surface area contributed by atoms with E-state index >= 15 is 0 Å². The van der Waals surface area contributed by atoms with Gasteiger partial charge in [-0.1, -0.05) is 18.2 Å². The summed E-state index contributed by atoms with van der Waals surface area (Å²) < 4.78 is 12.5. The summed E-state index contributed by atoms with van der Waals surface area (Å²) in [4.78, 5) is 0.590. The molecule has 0 saturated carbocycles. The van der Waals surface area contributed by atoms with Crippen LogP contribution in [0, 0.1) is 0 Å². The van der Waals surface area contributed by atoms with E-state index in [4.69, 9.17) is 9.47 Å². The molecule has 7 nitrogen and oxygen atoms in total. The summed E-state index contributed by atoms with van der Waals surface area (Å²) in [6, 6.07) is 19.5. The molecule has 0 bridgehead atoms. The van der Waals surface area contributed by atoms with Crippen LogP contribution in [0.4, 0.5) is 0 Å². The van der Waals surface area contributed by atoms with Crippen molar-refractivity contribution in [2.24, 2.45) is 10.2 Å². The third-order valence-electron chi connectivity index (χ3n) is 4.76. The monoisotopic (exact) mass is 447 g/mol. The summed E-state index contributed by atoms with van der Waals surface area (Å²) in [5, 5.41) is 30.9. The number of nitrogens with zero attached hydrogens (tertiary/aromatic N) is 3. The molecular weight excluding hydrogens is 426 g/mol. The Labute approximate surface area is 188 Å². The van der Waals surface area contributed by atoms with Gasteiger partial charge in [-0.15, -0.1) is 16.4 Å². The van der Waals surface area contributed by atoms with E-state index in [0.717, 1.165) is 11.3 Å². The number of benzene rings is 3. The first-order chi connectivity index (χ1) is 15.6. The number of para-hydroxylation sites is 1. The lowest BCUT2D eigenvalue weighted by atomic mass is 10.1. The number of thiazole rings is 1. The van der Waals surface area contributed by atoms with Gasteiger partial charge in [0.2, 0.25) is 4.80 Å². The first-order valence-electron chi connectivity index (χ1n) is 9.68. The fourth-order valence-electron chi connectivity index (χ4n) is 3.21. The van der Waals surface area contributed by atoms with Crippen LogP contribution in [-0.2, 0) is 0 Å². The molecule has 8 heteroatoms. The number of phenols is 2. The summed E-state index contributed by atoms with van der Waals surface area (Å²) >= 11 is 1.37. The summed E-state index contributed by atoms with van der Waals surface area (Å²) in [6.45, 7) is 0. The molecule has 162 valence electrons. The molecule has 1 heterocycles.